The molecule has 2 heterocycles. The van der Waals surface area contributed by atoms with Crippen LogP contribution in [0.4, 0.5) is 0 Å². The fourth-order valence-electron chi connectivity index (χ4n) is 4.77. The summed E-state index contributed by atoms with van der Waals surface area (Å²) < 4.78 is 12.2. The van der Waals surface area contributed by atoms with Gasteiger partial charge in [0.05, 0.1) is 18.4 Å². The van der Waals surface area contributed by atoms with E-state index in [4.69, 9.17) is 26.2 Å². The highest BCUT2D eigenvalue weighted by atomic mass is 35.5. The van der Waals surface area contributed by atoms with Crippen LogP contribution in [-0.4, -0.2) is 23.1 Å². The average molecular weight is 397 g/mol. The largest absolute Gasteiger partial charge is 0.494 e. The van der Waals surface area contributed by atoms with Crippen molar-refractivity contribution >= 4 is 17.3 Å². The first-order valence-electron chi connectivity index (χ1n) is 10.3. The molecule has 0 radical (unpaired) electrons. The van der Waals surface area contributed by atoms with E-state index in [0.717, 1.165) is 52.6 Å². The molecule has 0 bridgehead atoms. The minimum absolute atomic E-state index is 0.183. The van der Waals surface area contributed by atoms with Crippen LogP contribution in [0.5, 0.6) is 11.5 Å². The first-order chi connectivity index (χ1) is 13.7. The maximum absolute atomic E-state index is 6.60. The van der Waals surface area contributed by atoms with Gasteiger partial charge in [-0.3, -0.25) is 0 Å². The van der Waals surface area contributed by atoms with Crippen LogP contribution in [-0.2, 0) is 0 Å². The van der Waals surface area contributed by atoms with Crippen LogP contribution in [0.2, 0.25) is 5.02 Å². The summed E-state index contributed by atoms with van der Waals surface area (Å²) in [6.07, 6.45) is 6.54. The molecule has 0 unspecified atom stereocenters. The van der Waals surface area contributed by atoms with Crippen LogP contribution in [0.15, 0.2) is 47.6 Å². The van der Waals surface area contributed by atoms with Gasteiger partial charge < -0.3 is 9.47 Å². The minimum atomic E-state index is -0.323. The molecule has 0 N–H and O–H groups in total. The Balaban J connectivity index is 1.53. The summed E-state index contributed by atoms with van der Waals surface area (Å²) in [6, 6.07) is 14.4. The number of nitrogens with zero attached hydrogens (tertiary/aromatic N) is 2. The van der Waals surface area contributed by atoms with Crippen LogP contribution >= 0.6 is 11.6 Å². The van der Waals surface area contributed by atoms with Gasteiger partial charge in [0.2, 0.25) is 0 Å². The van der Waals surface area contributed by atoms with Gasteiger partial charge in [0.15, 0.2) is 5.72 Å². The van der Waals surface area contributed by atoms with Gasteiger partial charge in [0, 0.05) is 29.8 Å². The third-order valence-electron chi connectivity index (χ3n) is 6.09. The zero-order valence-electron chi connectivity index (χ0n) is 16.2. The van der Waals surface area contributed by atoms with Crippen LogP contribution < -0.4 is 9.47 Å². The quantitative estimate of drug-likeness (QED) is 0.643. The topological polar surface area (TPSA) is 34.1 Å². The lowest BCUT2D eigenvalue weighted by Crippen LogP contribution is -2.54. The van der Waals surface area contributed by atoms with E-state index in [1.54, 1.807) is 0 Å². The van der Waals surface area contributed by atoms with Crippen LogP contribution in [0, 0.1) is 0 Å². The van der Waals surface area contributed by atoms with Crippen LogP contribution in [0.1, 0.15) is 62.6 Å². The second-order valence-electron chi connectivity index (χ2n) is 7.86. The molecule has 146 valence electrons. The predicted octanol–water partition coefficient (Wildman–Crippen LogP) is 5.94. The van der Waals surface area contributed by atoms with Gasteiger partial charge in [-0.2, -0.15) is 5.10 Å². The molecular weight excluding hydrogens is 372 g/mol. The van der Waals surface area contributed by atoms with E-state index in [-0.39, 0.29) is 11.8 Å². The van der Waals surface area contributed by atoms with Gasteiger partial charge in [0.25, 0.3) is 0 Å². The second-order valence-corrected chi connectivity index (χ2v) is 8.30. The third kappa shape index (κ3) is 2.95. The number of hydrogen-bond acceptors (Lipinski definition) is 4. The van der Waals surface area contributed by atoms with E-state index < -0.39 is 0 Å². The number of ether oxygens (including phenoxy) is 2. The Kier molecular flexibility index (Phi) is 4.47. The lowest BCUT2D eigenvalue weighted by molar-refractivity contribution is -0.140. The summed E-state index contributed by atoms with van der Waals surface area (Å²) in [7, 11) is 0. The van der Waals surface area contributed by atoms with Crippen molar-refractivity contribution in [1.82, 2.24) is 5.01 Å². The van der Waals surface area contributed by atoms with E-state index >= 15 is 0 Å². The Hall–Kier alpha value is -2.20. The molecule has 0 amide bonds. The smallest absolute Gasteiger partial charge is 0.198 e. The monoisotopic (exact) mass is 396 g/mol. The number of hydrogen-bond donors (Lipinski definition) is 0. The summed E-state index contributed by atoms with van der Waals surface area (Å²) >= 11 is 6.32. The SMILES string of the molecule is CCOc1ccc(C2=NN3[C@@H](C2)c2cc(Cl)ccc2OC32CCCCC2)cc1. The average Bonchev–Trinajstić information content (AvgIpc) is 3.17. The lowest BCUT2D eigenvalue weighted by Gasteiger charge is -2.49. The summed E-state index contributed by atoms with van der Waals surface area (Å²) in [4.78, 5) is 0. The van der Waals surface area contributed by atoms with Crippen molar-refractivity contribution in [2.75, 3.05) is 6.61 Å². The highest BCUT2D eigenvalue weighted by molar-refractivity contribution is 6.30. The summed E-state index contributed by atoms with van der Waals surface area (Å²) in [5.74, 6) is 1.86. The molecule has 3 aliphatic rings. The van der Waals surface area contributed by atoms with Crippen molar-refractivity contribution in [2.45, 2.75) is 57.2 Å². The van der Waals surface area contributed by atoms with Crippen molar-refractivity contribution in [3.63, 3.8) is 0 Å². The Morgan fingerprint density at radius 1 is 1.14 bits per heavy atom. The molecule has 2 aromatic rings. The molecule has 1 saturated carbocycles. The molecule has 2 aliphatic heterocycles. The maximum Gasteiger partial charge on any atom is 0.198 e. The molecule has 2 aromatic carbocycles. The van der Waals surface area contributed by atoms with Crippen molar-refractivity contribution in [2.24, 2.45) is 5.10 Å². The number of benzene rings is 2. The first-order valence-corrected chi connectivity index (χ1v) is 10.6. The maximum atomic E-state index is 6.60. The number of rotatable bonds is 3. The van der Waals surface area contributed by atoms with Crippen molar-refractivity contribution in [3.8, 4) is 11.5 Å². The van der Waals surface area contributed by atoms with E-state index in [9.17, 15) is 0 Å². The molecule has 5 rings (SSSR count). The highest BCUT2D eigenvalue weighted by Gasteiger charge is 2.50. The fourth-order valence-corrected chi connectivity index (χ4v) is 4.95. The number of halogens is 1. The molecular formula is C23H25ClN2O2. The summed E-state index contributed by atoms with van der Waals surface area (Å²) in [6.45, 7) is 2.67. The highest BCUT2D eigenvalue weighted by Crippen LogP contribution is 2.51. The van der Waals surface area contributed by atoms with Crippen LogP contribution in [0.25, 0.3) is 0 Å². The first kappa shape index (κ1) is 17.9. The summed E-state index contributed by atoms with van der Waals surface area (Å²) in [5, 5.41) is 8.10. The molecule has 1 aliphatic carbocycles. The van der Waals surface area contributed by atoms with Crippen molar-refractivity contribution in [1.29, 1.82) is 0 Å². The van der Waals surface area contributed by atoms with Gasteiger partial charge in [-0.25, -0.2) is 5.01 Å². The molecule has 4 nitrogen and oxygen atoms in total. The zero-order chi connectivity index (χ0) is 19.1. The van der Waals surface area contributed by atoms with Gasteiger partial charge >= 0.3 is 0 Å². The second kappa shape index (κ2) is 7.00. The lowest BCUT2D eigenvalue weighted by atomic mass is 9.86. The van der Waals surface area contributed by atoms with E-state index in [1.165, 1.54) is 19.3 Å². The number of hydrazone groups is 1. The molecule has 0 aromatic heterocycles. The van der Waals surface area contributed by atoms with Gasteiger partial charge in [-0.1, -0.05) is 18.0 Å². The Morgan fingerprint density at radius 2 is 1.93 bits per heavy atom. The normalized spacial score (nSPS) is 22.3. The molecule has 28 heavy (non-hydrogen) atoms. The van der Waals surface area contributed by atoms with Crippen molar-refractivity contribution in [3.05, 3.63) is 58.6 Å². The number of fused-ring (bicyclic) bond motifs is 4. The fraction of sp³-hybridized carbons (Fsp3) is 0.435. The van der Waals surface area contributed by atoms with Gasteiger partial charge in [0.1, 0.15) is 11.5 Å². The van der Waals surface area contributed by atoms with Crippen molar-refractivity contribution < 1.29 is 9.47 Å². The summed E-state index contributed by atoms with van der Waals surface area (Å²) in [5.41, 5.74) is 3.08. The Bertz CT molecular complexity index is 903. The Morgan fingerprint density at radius 3 is 2.68 bits per heavy atom. The van der Waals surface area contributed by atoms with E-state index in [2.05, 4.69) is 17.1 Å². The van der Waals surface area contributed by atoms with E-state index in [1.807, 2.05) is 37.3 Å². The van der Waals surface area contributed by atoms with Crippen LogP contribution in [0.3, 0.4) is 0 Å². The minimum Gasteiger partial charge on any atom is -0.494 e. The van der Waals surface area contributed by atoms with E-state index in [0.29, 0.717) is 6.61 Å². The molecule has 0 saturated heterocycles. The molecule has 1 spiro atoms. The van der Waals surface area contributed by atoms with Gasteiger partial charge in [-0.15, -0.1) is 0 Å². The van der Waals surface area contributed by atoms with Gasteiger partial charge in [-0.05, 0) is 67.8 Å². The molecule has 1 fully saturated rings. The standard InChI is InChI=1S/C23H25ClN2O2/c1-2-27-18-9-6-16(7-10-18)20-15-21-19-14-17(24)8-11-22(19)28-23(26(21)25-20)12-4-3-5-13-23/h6-11,14,21H,2-5,12-13,15H2,1H3/t21-/m0/s1. The molecule has 5 heteroatoms. The molecule has 1 atom stereocenters. The predicted molar refractivity (Wildman–Crippen MR) is 111 cm³/mol. The third-order valence-corrected chi connectivity index (χ3v) is 6.33. The zero-order valence-corrected chi connectivity index (χ0v) is 16.9. The Labute approximate surface area is 171 Å².